The molecule has 5 heteroatoms. The molecule has 0 fully saturated rings. The van der Waals surface area contributed by atoms with E-state index in [1.165, 1.54) is 10.4 Å². The van der Waals surface area contributed by atoms with Crippen molar-refractivity contribution in [2.45, 2.75) is 0 Å². The van der Waals surface area contributed by atoms with Crippen LogP contribution in [0.25, 0.3) is 21.2 Å². The second-order valence-electron chi connectivity index (χ2n) is 4.47. The van der Waals surface area contributed by atoms with Crippen molar-refractivity contribution < 1.29 is 4.42 Å². The van der Waals surface area contributed by atoms with Gasteiger partial charge in [-0.2, -0.15) is 0 Å². The Morgan fingerprint density at radius 3 is 2.90 bits per heavy atom. The van der Waals surface area contributed by atoms with Crippen molar-refractivity contribution in [3.63, 3.8) is 0 Å². The number of halogens is 1. The smallest absolute Gasteiger partial charge is 0.176 e. The van der Waals surface area contributed by atoms with Crippen molar-refractivity contribution >= 4 is 40.4 Å². The number of rotatable bonds is 2. The molecule has 20 heavy (non-hydrogen) atoms. The fourth-order valence-electron chi connectivity index (χ4n) is 2.46. The van der Waals surface area contributed by atoms with Gasteiger partial charge in [0.2, 0.25) is 0 Å². The highest BCUT2D eigenvalue weighted by molar-refractivity contribution is 7.13. The van der Waals surface area contributed by atoms with Gasteiger partial charge in [0.1, 0.15) is 0 Å². The molecule has 0 bridgehead atoms. The molecule has 0 spiro atoms. The van der Waals surface area contributed by atoms with Crippen LogP contribution >= 0.6 is 23.7 Å². The van der Waals surface area contributed by atoms with Crippen molar-refractivity contribution in [2.75, 3.05) is 13.1 Å². The minimum atomic E-state index is 0. The molecular formula is C15H13ClN2OS. The average molecular weight is 305 g/mol. The van der Waals surface area contributed by atoms with Crippen molar-refractivity contribution in [1.82, 2.24) is 5.32 Å². The zero-order valence-corrected chi connectivity index (χ0v) is 12.3. The molecule has 102 valence electrons. The maximum atomic E-state index is 5.75. The number of nitrogens with one attached hydrogen (secondary N) is 1. The minimum Gasteiger partial charge on any atom is -0.460 e. The van der Waals surface area contributed by atoms with Gasteiger partial charge in [-0.25, -0.2) is 0 Å². The normalized spacial score (nSPS) is 13.9. The minimum absolute atomic E-state index is 0. The number of hydrogen-bond donors (Lipinski definition) is 1. The Hall–Kier alpha value is -1.78. The van der Waals surface area contributed by atoms with Crippen LogP contribution in [0.5, 0.6) is 0 Å². The summed E-state index contributed by atoms with van der Waals surface area (Å²) in [5.41, 5.74) is 1.22. The van der Waals surface area contributed by atoms with Crippen LogP contribution in [0.4, 0.5) is 0 Å². The largest absolute Gasteiger partial charge is 0.460 e. The monoisotopic (exact) mass is 304 g/mol. The van der Waals surface area contributed by atoms with Gasteiger partial charge in [0, 0.05) is 27.8 Å². The zero-order valence-electron chi connectivity index (χ0n) is 10.6. The fourth-order valence-corrected chi connectivity index (χ4v) is 3.22. The summed E-state index contributed by atoms with van der Waals surface area (Å²) < 4.78 is 5.75. The number of aliphatic imine (C=N–C) groups is 1. The Morgan fingerprint density at radius 1 is 1.20 bits per heavy atom. The molecule has 3 aromatic rings. The molecular weight excluding hydrogens is 292 g/mol. The second-order valence-corrected chi connectivity index (χ2v) is 5.42. The van der Waals surface area contributed by atoms with Gasteiger partial charge in [-0.05, 0) is 11.4 Å². The van der Waals surface area contributed by atoms with E-state index in [1.807, 2.05) is 6.26 Å². The zero-order chi connectivity index (χ0) is 12.7. The first-order valence-electron chi connectivity index (χ1n) is 6.26. The van der Waals surface area contributed by atoms with Gasteiger partial charge in [0.05, 0.1) is 12.8 Å². The predicted octanol–water partition coefficient (Wildman–Crippen LogP) is 3.93. The lowest BCUT2D eigenvalue weighted by Crippen LogP contribution is -2.19. The van der Waals surface area contributed by atoms with E-state index in [2.05, 4.69) is 46.0 Å². The van der Waals surface area contributed by atoms with Crippen LogP contribution in [-0.4, -0.2) is 18.9 Å². The van der Waals surface area contributed by atoms with Gasteiger partial charge in [-0.1, -0.05) is 24.3 Å². The van der Waals surface area contributed by atoms with Crippen LogP contribution in [0, 0.1) is 0 Å². The van der Waals surface area contributed by atoms with E-state index < -0.39 is 0 Å². The van der Waals surface area contributed by atoms with Crippen LogP contribution in [0.2, 0.25) is 0 Å². The summed E-state index contributed by atoms with van der Waals surface area (Å²) in [6.07, 6.45) is 1.81. The molecule has 0 saturated heterocycles. The van der Waals surface area contributed by atoms with Crippen LogP contribution in [0.1, 0.15) is 5.76 Å². The summed E-state index contributed by atoms with van der Waals surface area (Å²) in [4.78, 5) is 5.72. The molecule has 3 heterocycles. The summed E-state index contributed by atoms with van der Waals surface area (Å²) >= 11 is 1.74. The quantitative estimate of drug-likeness (QED) is 0.779. The summed E-state index contributed by atoms with van der Waals surface area (Å²) in [7, 11) is 0. The number of furan rings is 1. The summed E-state index contributed by atoms with van der Waals surface area (Å²) in [6.45, 7) is 1.71. The van der Waals surface area contributed by atoms with Crippen LogP contribution < -0.4 is 5.32 Å². The number of amidine groups is 1. The number of fused-ring (bicyclic) bond motifs is 1. The molecule has 1 aromatic carbocycles. The molecule has 3 nitrogen and oxygen atoms in total. The maximum Gasteiger partial charge on any atom is 0.176 e. The standard InChI is InChI=1S/C15H12N2OS.ClH/c1-3-10-9-18-14(15-16-6-7-17-15)13(10)11(4-1)12-5-2-8-19-12;/h1-5,8-9H,6-7H2,(H,16,17);1H. The molecule has 1 aliphatic rings. The Balaban J connectivity index is 0.00000121. The van der Waals surface area contributed by atoms with E-state index in [0.29, 0.717) is 0 Å². The first-order chi connectivity index (χ1) is 9.43. The Bertz CT molecular complexity index is 761. The van der Waals surface area contributed by atoms with E-state index in [0.717, 1.165) is 35.5 Å². The molecule has 1 aliphatic heterocycles. The highest BCUT2D eigenvalue weighted by Crippen LogP contribution is 2.35. The SMILES string of the molecule is Cl.c1csc(-c2cccc3coc(C4=NCCN4)c23)c1. The Labute approximate surface area is 126 Å². The molecule has 0 unspecified atom stereocenters. The van der Waals surface area contributed by atoms with Crippen molar-refractivity contribution in [3.05, 3.63) is 47.7 Å². The summed E-state index contributed by atoms with van der Waals surface area (Å²) in [6, 6.07) is 10.5. The lowest BCUT2D eigenvalue weighted by atomic mass is 10.0. The van der Waals surface area contributed by atoms with E-state index in [4.69, 9.17) is 4.42 Å². The average Bonchev–Trinajstić information content (AvgIpc) is 3.18. The highest BCUT2D eigenvalue weighted by atomic mass is 35.5. The van der Waals surface area contributed by atoms with Crippen molar-refractivity contribution in [2.24, 2.45) is 4.99 Å². The third-order valence-electron chi connectivity index (χ3n) is 3.30. The van der Waals surface area contributed by atoms with Crippen LogP contribution in [0.15, 0.2) is 51.4 Å². The lowest BCUT2D eigenvalue weighted by molar-refractivity contribution is 0.560. The third kappa shape index (κ3) is 2.01. The first-order valence-corrected chi connectivity index (χ1v) is 7.14. The molecule has 2 aromatic heterocycles. The van der Waals surface area contributed by atoms with Gasteiger partial charge in [0.15, 0.2) is 11.6 Å². The third-order valence-corrected chi connectivity index (χ3v) is 4.21. The van der Waals surface area contributed by atoms with Crippen molar-refractivity contribution in [3.8, 4) is 10.4 Å². The van der Waals surface area contributed by atoms with Gasteiger partial charge in [0.25, 0.3) is 0 Å². The highest BCUT2D eigenvalue weighted by Gasteiger charge is 2.18. The summed E-state index contributed by atoms with van der Waals surface area (Å²) in [5.74, 6) is 1.73. The molecule has 1 N–H and O–H groups in total. The maximum absolute atomic E-state index is 5.75. The van der Waals surface area contributed by atoms with Crippen LogP contribution in [-0.2, 0) is 0 Å². The lowest BCUT2D eigenvalue weighted by Gasteiger charge is -2.03. The number of hydrogen-bond acceptors (Lipinski definition) is 4. The van der Waals surface area contributed by atoms with Gasteiger partial charge in [-0.15, -0.1) is 23.7 Å². The molecule has 0 aliphatic carbocycles. The van der Waals surface area contributed by atoms with Gasteiger partial charge >= 0.3 is 0 Å². The van der Waals surface area contributed by atoms with Crippen LogP contribution in [0.3, 0.4) is 0 Å². The van der Waals surface area contributed by atoms with Crippen molar-refractivity contribution in [1.29, 1.82) is 0 Å². The topological polar surface area (TPSA) is 37.5 Å². The number of nitrogens with zero attached hydrogens (tertiary/aromatic N) is 1. The molecule has 0 amide bonds. The Morgan fingerprint density at radius 2 is 2.15 bits per heavy atom. The molecule has 0 saturated carbocycles. The molecule has 0 radical (unpaired) electrons. The van der Waals surface area contributed by atoms with E-state index in [1.54, 1.807) is 11.3 Å². The summed E-state index contributed by atoms with van der Waals surface area (Å²) in [5, 5.41) is 7.65. The van der Waals surface area contributed by atoms with E-state index >= 15 is 0 Å². The van der Waals surface area contributed by atoms with Gasteiger partial charge in [-0.3, -0.25) is 4.99 Å². The first kappa shape index (κ1) is 13.2. The number of benzene rings is 1. The second kappa shape index (κ2) is 5.31. The number of thiophene rings is 1. The Kier molecular flexibility index (Phi) is 3.51. The van der Waals surface area contributed by atoms with Gasteiger partial charge < -0.3 is 9.73 Å². The fraction of sp³-hybridized carbons (Fsp3) is 0.133. The van der Waals surface area contributed by atoms with E-state index in [9.17, 15) is 0 Å². The predicted molar refractivity (Wildman–Crippen MR) is 86.2 cm³/mol. The molecule has 4 rings (SSSR count). The molecule has 0 atom stereocenters. The van der Waals surface area contributed by atoms with E-state index in [-0.39, 0.29) is 12.4 Å².